The van der Waals surface area contributed by atoms with Crippen molar-refractivity contribution < 1.29 is 33.7 Å². The molecule has 17 heavy (non-hydrogen) atoms. The van der Waals surface area contributed by atoms with Crippen molar-refractivity contribution in [3.05, 3.63) is 0 Å². The third kappa shape index (κ3) is 9.16. The number of unbranched alkanes of at least 4 members (excludes halogenated alkanes) is 1. The van der Waals surface area contributed by atoms with Crippen LogP contribution in [0.15, 0.2) is 0 Å². The van der Waals surface area contributed by atoms with Crippen molar-refractivity contribution in [1.29, 1.82) is 0 Å². The first-order chi connectivity index (χ1) is 7.95. The van der Waals surface area contributed by atoms with Gasteiger partial charge in [-0.2, -0.15) is 0 Å². The SMILES string of the molecule is COC(=O)OC(C)OC(=O)CCCCC(=O)O. The van der Waals surface area contributed by atoms with Crippen LogP contribution in [-0.2, 0) is 23.8 Å². The van der Waals surface area contributed by atoms with Crippen molar-refractivity contribution in [2.24, 2.45) is 0 Å². The number of rotatable bonds is 7. The molecule has 0 heterocycles. The van der Waals surface area contributed by atoms with Crippen LogP contribution in [0.5, 0.6) is 0 Å². The van der Waals surface area contributed by atoms with Gasteiger partial charge >= 0.3 is 18.1 Å². The summed E-state index contributed by atoms with van der Waals surface area (Å²) < 4.78 is 13.4. The summed E-state index contributed by atoms with van der Waals surface area (Å²) in [6.07, 6.45) is -1.04. The maximum Gasteiger partial charge on any atom is 0.511 e. The molecule has 0 radical (unpaired) electrons. The van der Waals surface area contributed by atoms with E-state index < -0.39 is 24.4 Å². The fraction of sp³-hybridized carbons (Fsp3) is 0.700. The van der Waals surface area contributed by atoms with E-state index in [-0.39, 0.29) is 12.8 Å². The molecule has 7 nitrogen and oxygen atoms in total. The maximum atomic E-state index is 11.2. The molecule has 0 aliphatic heterocycles. The minimum Gasteiger partial charge on any atom is -0.481 e. The summed E-state index contributed by atoms with van der Waals surface area (Å²) in [7, 11) is 1.14. The Morgan fingerprint density at radius 2 is 1.71 bits per heavy atom. The molecule has 98 valence electrons. The van der Waals surface area contributed by atoms with Gasteiger partial charge < -0.3 is 19.3 Å². The van der Waals surface area contributed by atoms with Gasteiger partial charge in [0, 0.05) is 19.8 Å². The zero-order chi connectivity index (χ0) is 13.3. The number of carbonyl (C=O) groups excluding carboxylic acids is 2. The second-order valence-corrected chi connectivity index (χ2v) is 3.23. The Hall–Kier alpha value is -1.79. The highest BCUT2D eigenvalue weighted by atomic mass is 16.8. The van der Waals surface area contributed by atoms with Crippen molar-refractivity contribution in [1.82, 2.24) is 0 Å². The highest BCUT2D eigenvalue weighted by Crippen LogP contribution is 2.04. The molecule has 0 fully saturated rings. The quantitative estimate of drug-likeness (QED) is 0.412. The average Bonchev–Trinajstić information content (AvgIpc) is 2.23. The zero-order valence-electron chi connectivity index (χ0n) is 9.80. The first kappa shape index (κ1) is 15.2. The van der Waals surface area contributed by atoms with Crippen LogP contribution in [-0.4, -0.2) is 36.6 Å². The van der Waals surface area contributed by atoms with E-state index in [0.29, 0.717) is 12.8 Å². The lowest BCUT2D eigenvalue weighted by Crippen LogP contribution is -2.21. The molecular formula is C10H16O7. The van der Waals surface area contributed by atoms with Crippen LogP contribution >= 0.6 is 0 Å². The number of carbonyl (C=O) groups is 3. The maximum absolute atomic E-state index is 11.2. The second kappa shape index (κ2) is 8.37. The van der Waals surface area contributed by atoms with E-state index in [1.165, 1.54) is 6.92 Å². The van der Waals surface area contributed by atoms with Gasteiger partial charge in [0.25, 0.3) is 0 Å². The highest BCUT2D eigenvalue weighted by Gasteiger charge is 2.13. The van der Waals surface area contributed by atoms with Gasteiger partial charge in [0.15, 0.2) is 0 Å². The summed E-state index contributed by atoms with van der Waals surface area (Å²) >= 11 is 0. The molecule has 0 saturated heterocycles. The van der Waals surface area contributed by atoms with E-state index in [0.717, 1.165) is 7.11 Å². The molecule has 0 spiro atoms. The predicted octanol–water partition coefficient (Wildman–Crippen LogP) is 1.30. The molecular weight excluding hydrogens is 232 g/mol. The molecule has 1 atom stereocenters. The van der Waals surface area contributed by atoms with Crippen molar-refractivity contribution in [2.75, 3.05) is 7.11 Å². The van der Waals surface area contributed by atoms with E-state index in [1.54, 1.807) is 0 Å². The molecule has 0 rings (SSSR count). The normalized spacial score (nSPS) is 11.4. The Kier molecular flexibility index (Phi) is 7.49. The third-order valence-corrected chi connectivity index (χ3v) is 1.75. The van der Waals surface area contributed by atoms with Gasteiger partial charge in [-0.15, -0.1) is 0 Å². The molecule has 0 saturated carbocycles. The van der Waals surface area contributed by atoms with Crippen molar-refractivity contribution in [3.63, 3.8) is 0 Å². The number of hydrogen-bond acceptors (Lipinski definition) is 6. The summed E-state index contributed by atoms with van der Waals surface area (Å²) in [4.78, 5) is 32.0. The van der Waals surface area contributed by atoms with Crippen LogP contribution in [0.2, 0.25) is 0 Å². The smallest absolute Gasteiger partial charge is 0.481 e. The van der Waals surface area contributed by atoms with E-state index in [9.17, 15) is 14.4 Å². The van der Waals surface area contributed by atoms with Gasteiger partial charge in [-0.05, 0) is 12.8 Å². The lowest BCUT2D eigenvalue weighted by Gasteiger charge is -2.12. The number of esters is 1. The third-order valence-electron chi connectivity index (χ3n) is 1.75. The minimum absolute atomic E-state index is 0.0154. The van der Waals surface area contributed by atoms with Crippen molar-refractivity contribution >= 4 is 18.1 Å². The average molecular weight is 248 g/mol. The Labute approximate surface area is 98.6 Å². The van der Waals surface area contributed by atoms with Crippen molar-refractivity contribution in [3.8, 4) is 0 Å². The number of ether oxygens (including phenoxy) is 3. The summed E-state index contributed by atoms with van der Waals surface area (Å²) in [5.41, 5.74) is 0. The summed E-state index contributed by atoms with van der Waals surface area (Å²) in [6.45, 7) is 1.38. The molecule has 0 aromatic heterocycles. The largest absolute Gasteiger partial charge is 0.511 e. The molecule has 0 amide bonds. The van der Waals surface area contributed by atoms with E-state index >= 15 is 0 Å². The van der Waals surface area contributed by atoms with Crippen LogP contribution in [0.1, 0.15) is 32.6 Å². The second-order valence-electron chi connectivity index (χ2n) is 3.23. The number of aliphatic carboxylic acids is 1. The molecule has 0 bridgehead atoms. The number of carboxylic acid groups (broad SMARTS) is 1. The monoisotopic (exact) mass is 248 g/mol. The van der Waals surface area contributed by atoms with Gasteiger partial charge in [-0.1, -0.05) is 0 Å². The number of carboxylic acids is 1. The Balaban J connectivity index is 3.64. The first-order valence-corrected chi connectivity index (χ1v) is 5.11. The molecule has 0 aromatic rings. The Morgan fingerprint density at radius 3 is 2.24 bits per heavy atom. The zero-order valence-corrected chi connectivity index (χ0v) is 9.80. The molecule has 7 heteroatoms. The van der Waals surface area contributed by atoms with Crippen LogP contribution in [0.3, 0.4) is 0 Å². The minimum atomic E-state index is -1.02. The lowest BCUT2D eigenvalue weighted by atomic mass is 10.2. The van der Waals surface area contributed by atoms with Crippen molar-refractivity contribution in [2.45, 2.75) is 38.9 Å². The predicted molar refractivity (Wildman–Crippen MR) is 55.1 cm³/mol. The van der Waals surface area contributed by atoms with Gasteiger partial charge in [0.05, 0.1) is 7.11 Å². The van der Waals surface area contributed by atoms with E-state index in [2.05, 4.69) is 9.47 Å². The van der Waals surface area contributed by atoms with Crippen LogP contribution in [0.25, 0.3) is 0 Å². The molecule has 0 aliphatic carbocycles. The summed E-state index contributed by atoms with van der Waals surface area (Å²) in [5, 5.41) is 8.36. The number of hydrogen-bond donors (Lipinski definition) is 1. The highest BCUT2D eigenvalue weighted by molar-refractivity contribution is 5.70. The first-order valence-electron chi connectivity index (χ1n) is 5.11. The Morgan fingerprint density at radius 1 is 1.12 bits per heavy atom. The van der Waals surface area contributed by atoms with E-state index in [4.69, 9.17) is 9.84 Å². The van der Waals surface area contributed by atoms with Gasteiger partial charge in [-0.25, -0.2) is 4.79 Å². The molecule has 1 unspecified atom stereocenters. The fourth-order valence-corrected chi connectivity index (χ4v) is 0.997. The van der Waals surface area contributed by atoms with Gasteiger partial charge in [0.1, 0.15) is 0 Å². The van der Waals surface area contributed by atoms with Crippen LogP contribution < -0.4 is 0 Å². The lowest BCUT2D eigenvalue weighted by molar-refractivity contribution is -0.167. The van der Waals surface area contributed by atoms with Gasteiger partial charge in [0.2, 0.25) is 6.29 Å². The molecule has 0 aliphatic rings. The summed E-state index contributed by atoms with van der Waals surface area (Å²) in [6, 6.07) is 0. The molecule has 0 aromatic carbocycles. The fourth-order valence-electron chi connectivity index (χ4n) is 0.997. The summed E-state index contributed by atoms with van der Waals surface area (Å²) in [5.74, 6) is -1.45. The number of methoxy groups -OCH3 is 1. The van der Waals surface area contributed by atoms with Crippen LogP contribution in [0, 0.1) is 0 Å². The van der Waals surface area contributed by atoms with E-state index in [1.807, 2.05) is 0 Å². The standard InChI is InChI=1S/C10H16O7/c1-7(17-10(14)15-2)16-9(13)6-4-3-5-8(11)12/h7H,3-6H2,1-2H3,(H,11,12). The molecule has 1 N–H and O–H groups in total. The topological polar surface area (TPSA) is 99.1 Å². The Bertz CT molecular complexity index is 274. The van der Waals surface area contributed by atoms with Crippen LogP contribution in [0.4, 0.5) is 4.79 Å². The van der Waals surface area contributed by atoms with Gasteiger partial charge in [-0.3, -0.25) is 9.59 Å².